The molecule has 15 heteroatoms. The highest BCUT2D eigenvalue weighted by molar-refractivity contribution is 9.09. The number of halogens is 1. The van der Waals surface area contributed by atoms with Crippen molar-refractivity contribution in [3.63, 3.8) is 0 Å². The molecule has 0 aliphatic carbocycles. The Morgan fingerprint density at radius 2 is 1.80 bits per heavy atom. The first-order chi connectivity index (χ1) is 32.9. The molecule has 366 valence electrons. The van der Waals surface area contributed by atoms with Crippen LogP contribution in [0.25, 0.3) is 33.3 Å². The van der Waals surface area contributed by atoms with Crippen LogP contribution < -0.4 is 10.7 Å². The van der Waals surface area contributed by atoms with Crippen molar-refractivity contribution in [2.45, 2.75) is 122 Å². The van der Waals surface area contributed by atoms with Crippen molar-refractivity contribution < 1.29 is 33.4 Å². The van der Waals surface area contributed by atoms with Gasteiger partial charge in [0.1, 0.15) is 24.2 Å². The maximum absolute atomic E-state index is 14.9. The lowest BCUT2D eigenvalue weighted by molar-refractivity contribution is -0.155. The second-order valence-corrected chi connectivity index (χ2v) is 21.9. The predicted octanol–water partition coefficient (Wildman–Crippen LogP) is 6.66. The summed E-state index contributed by atoms with van der Waals surface area (Å²) < 4.78 is 13.9. The number of nitrogens with one attached hydrogen (secondary N) is 2. The van der Waals surface area contributed by atoms with E-state index < -0.39 is 47.2 Å². The first kappa shape index (κ1) is 49.8. The summed E-state index contributed by atoms with van der Waals surface area (Å²) in [5.41, 5.74) is 10.9. The zero-order valence-electron chi connectivity index (χ0n) is 41.1. The van der Waals surface area contributed by atoms with Crippen molar-refractivity contribution >= 4 is 56.4 Å². The van der Waals surface area contributed by atoms with E-state index in [9.17, 15) is 24.0 Å². The second-order valence-electron chi connectivity index (χ2n) is 20.6. The fourth-order valence-electron chi connectivity index (χ4n) is 10.3. The molecular weight excluding hydrogens is 939 g/mol. The SMILES string of the molecule is CCn1c(-c2cccnc2C(C)C)c2c3cc(ccc31)-c1cccc(c1)C[C@H](NC(=O)[C@H](C(C)C)N(C)C(=O)[C@H]1CCN(C(=O)C#CC3CCO3)C1)C(=O)N1CC(Br)C[C@H](N1)C(=O)OCC(C)(C)C2. The lowest BCUT2D eigenvalue weighted by atomic mass is 9.83. The number of fused-ring (bicyclic) bond motifs is 6. The highest BCUT2D eigenvalue weighted by Gasteiger charge is 2.41. The van der Waals surface area contributed by atoms with Crippen LogP contribution in [0.15, 0.2) is 60.8 Å². The Balaban J connectivity index is 1.14. The Hall–Kier alpha value is -5.56. The molecule has 0 saturated carbocycles. The van der Waals surface area contributed by atoms with Crippen LogP contribution in [-0.4, -0.2) is 123 Å². The Morgan fingerprint density at radius 3 is 2.51 bits per heavy atom. The van der Waals surface area contributed by atoms with Crippen LogP contribution in [0.2, 0.25) is 0 Å². The molecule has 8 rings (SSSR count). The molecule has 2 N–H and O–H groups in total. The number of esters is 1. The zero-order valence-corrected chi connectivity index (χ0v) is 42.7. The number of nitrogens with zero attached hydrogens (tertiary/aromatic N) is 5. The van der Waals surface area contributed by atoms with Crippen molar-refractivity contribution in [2.24, 2.45) is 17.3 Å². The van der Waals surface area contributed by atoms with E-state index >= 15 is 0 Å². The van der Waals surface area contributed by atoms with E-state index in [4.69, 9.17) is 14.5 Å². The van der Waals surface area contributed by atoms with Gasteiger partial charge in [-0.1, -0.05) is 93.7 Å². The Labute approximate surface area is 414 Å². The number of carbonyl (C=O) groups is 5. The minimum absolute atomic E-state index is 0.130. The number of aromatic nitrogens is 2. The fraction of sp³-hybridized carbons (Fsp3) is 0.519. The Bertz CT molecular complexity index is 2680. The van der Waals surface area contributed by atoms with Gasteiger partial charge in [0.2, 0.25) is 11.8 Å². The van der Waals surface area contributed by atoms with Gasteiger partial charge >= 0.3 is 5.97 Å². The Morgan fingerprint density at radius 1 is 1.03 bits per heavy atom. The van der Waals surface area contributed by atoms with E-state index in [0.717, 1.165) is 63.1 Å². The van der Waals surface area contributed by atoms with Gasteiger partial charge in [-0.25, -0.2) is 5.43 Å². The number of hydrogen-bond acceptors (Lipinski definition) is 9. The van der Waals surface area contributed by atoms with Gasteiger partial charge in [-0.15, -0.1) is 0 Å². The molecule has 4 aliphatic rings. The third-order valence-electron chi connectivity index (χ3n) is 14.0. The van der Waals surface area contributed by atoms with Gasteiger partial charge in [0, 0.05) is 79.0 Å². The minimum Gasteiger partial charge on any atom is -0.464 e. The number of carbonyl (C=O) groups excluding carboxylic acids is 5. The van der Waals surface area contributed by atoms with Crippen LogP contribution >= 0.6 is 15.9 Å². The summed E-state index contributed by atoms with van der Waals surface area (Å²) in [6.07, 6.45) is 3.99. The highest BCUT2D eigenvalue weighted by Crippen LogP contribution is 2.42. The number of likely N-dealkylation sites (N-methyl/N-ethyl adjacent to an activating group) is 1. The largest absolute Gasteiger partial charge is 0.464 e. The smallest absolute Gasteiger partial charge is 0.325 e. The number of likely N-dealkylation sites (tertiary alicyclic amines) is 1. The number of cyclic esters (lactones) is 1. The number of rotatable bonds is 8. The maximum atomic E-state index is 14.9. The first-order valence-electron chi connectivity index (χ1n) is 24.5. The van der Waals surface area contributed by atoms with Crippen molar-refractivity contribution in [2.75, 3.05) is 39.9 Å². The van der Waals surface area contributed by atoms with E-state index in [-0.39, 0.29) is 60.7 Å². The Kier molecular flexibility index (Phi) is 15.0. The highest BCUT2D eigenvalue weighted by atomic mass is 79.9. The lowest BCUT2D eigenvalue weighted by Crippen LogP contribution is -2.64. The molecule has 6 bridgehead atoms. The van der Waals surface area contributed by atoms with Gasteiger partial charge in [0.15, 0.2) is 0 Å². The number of amides is 4. The van der Waals surface area contributed by atoms with Gasteiger partial charge in [0.25, 0.3) is 11.8 Å². The average Bonchev–Trinajstić information content (AvgIpc) is 3.92. The van der Waals surface area contributed by atoms with Crippen LogP contribution in [0.5, 0.6) is 0 Å². The fourth-order valence-corrected chi connectivity index (χ4v) is 11.0. The topological polar surface area (TPSA) is 155 Å². The number of ether oxygens (including phenoxy) is 2. The summed E-state index contributed by atoms with van der Waals surface area (Å²) in [5, 5.41) is 5.59. The third-order valence-corrected chi connectivity index (χ3v) is 14.6. The van der Waals surface area contributed by atoms with E-state index in [1.165, 1.54) is 9.91 Å². The van der Waals surface area contributed by atoms with Crippen LogP contribution in [0.4, 0.5) is 0 Å². The molecule has 0 spiro atoms. The van der Waals surface area contributed by atoms with Crippen LogP contribution in [0.3, 0.4) is 0 Å². The molecule has 3 saturated heterocycles. The molecule has 6 heterocycles. The standard InChI is InChI=1S/C54H66BrN7O7/c1-9-61-45-17-15-36-26-41(45)42(49(61)40-14-11-21-56-47(40)32(2)3)28-54(6,7)31-69-53(67)44-27-38(55)30-62(58-44)52(66)43(25-34-12-10-13-35(36)24-34)57-50(64)48(33(4)5)59(8)51(65)37-19-22-60(29-37)46(63)18-16-39-20-23-68-39/h10-15,17,21,24,26,32-33,37-39,43-44,48,58H,9,19-20,22-23,25,27-31H2,1-8H3,(H,57,64)/t37-,38?,39?,43-,44-,48-/m0/s1. The van der Waals surface area contributed by atoms with E-state index in [1.807, 2.05) is 38.2 Å². The van der Waals surface area contributed by atoms with E-state index in [2.05, 4.69) is 114 Å². The van der Waals surface area contributed by atoms with Gasteiger partial charge < -0.3 is 29.2 Å². The third kappa shape index (κ3) is 10.8. The summed E-state index contributed by atoms with van der Waals surface area (Å²) >= 11 is 3.72. The summed E-state index contributed by atoms with van der Waals surface area (Å²) in [6.45, 7) is 16.8. The molecule has 6 atom stereocenters. The van der Waals surface area contributed by atoms with Crippen molar-refractivity contribution in [3.05, 3.63) is 77.6 Å². The van der Waals surface area contributed by atoms with E-state index in [0.29, 0.717) is 32.4 Å². The molecule has 2 aromatic carbocycles. The summed E-state index contributed by atoms with van der Waals surface area (Å²) in [7, 11) is 1.61. The number of hydrazine groups is 1. The molecule has 4 aromatic rings. The minimum atomic E-state index is -1.08. The molecule has 3 fully saturated rings. The van der Waals surface area contributed by atoms with Crippen LogP contribution in [0.1, 0.15) is 90.5 Å². The van der Waals surface area contributed by atoms with Crippen molar-refractivity contribution in [3.8, 4) is 34.2 Å². The van der Waals surface area contributed by atoms with Crippen molar-refractivity contribution in [1.29, 1.82) is 0 Å². The number of benzene rings is 2. The number of aryl methyl sites for hydroxylation is 1. The molecule has 69 heavy (non-hydrogen) atoms. The van der Waals surface area contributed by atoms with Gasteiger partial charge in [0.05, 0.1) is 30.5 Å². The summed E-state index contributed by atoms with van der Waals surface area (Å²) in [5.74, 6) is 2.88. The lowest BCUT2D eigenvalue weighted by Gasteiger charge is -2.38. The van der Waals surface area contributed by atoms with Gasteiger partial charge in [-0.3, -0.25) is 34.0 Å². The molecule has 2 aromatic heterocycles. The van der Waals surface area contributed by atoms with E-state index in [1.54, 1.807) is 11.9 Å². The zero-order chi connectivity index (χ0) is 49.3. The number of hydrogen-bond donors (Lipinski definition) is 2. The quantitative estimate of drug-likeness (QED) is 0.112. The van der Waals surface area contributed by atoms with Gasteiger partial charge in [-0.05, 0) is 90.5 Å². The number of alkyl halides is 1. The van der Waals surface area contributed by atoms with Crippen LogP contribution in [0, 0.1) is 29.1 Å². The second kappa shape index (κ2) is 20.8. The monoisotopic (exact) mass is 1000 g/mol. The molecule has 2 unspecified atom stereocenters. The van der Waals surface area contributed by atoms with Crippen LogP contribution in [-0.2, 0) is 52.8 Å². The average molecular weight is 1010 g/mol. The maximum Gasteiger partial charge on any atom is 0.325 e. The molecule has 4 amide bonds. The van der Waals surface area contributed by atoms with Gasteiger partial charge in [-0.2, -0.15) is 0 Å². The first-order valence-corrected chi connectivity index (χ1v) is 25.4. The molecule has 0 radical (unpaired) electrons. The molecular formula is C54H66BrN7O7. The summed E-state index contributed by atoms with van der Waals surface area (Å²) in [6, 6.07) is 15.9. The molecule has 4 aliphatic heterocycles. The van der Waals surface area contributed by atoms with Crippen molar-refractivity contribution in [1.82, 2.24) is 35.1 Å². The number of pyridine rings is 1. The summed E-state index contributed by atoms with van der Waals surface area (Å²) in [4.78, 5) is 78.3. The normalized spacial score (nSPS) is 23.1. The molecule has 14 nitrogen and oxygen atoms in total. The predicted molar refractivity (Wildman–Crippen MR) is 269 cm³/mol.